The number of non-ortho nitro benzene ring substituents is 1. The van der Waals surface area contributed by atoms with E-state index in [1.165, 1.54) is 5.56 Å². The minimum Gasteiger partial charge on any atom is -0.348 e. The first-order valence-corrected chi connectivity index (χ1v) is 12.0. The fraction of sp³-hybridized carbons (Fsp3) is 0.435. The molecule has 1 spiro atoms. The molecule has 2 aliphatic heterocycles. The number of nitro benzene ring substituents is 1. The number of likely N-dealkylation sites (tertiary alicyclic amines) is 1. The average Bonchev–Trinajstić information content (AvgIpc) is 3.20. The van der Waals surface area contributed by atoms with Crippen molar-refractivity contribution in [2.45, 2.75) is 32.0 Å². The number of anilines is 1. The van der Waals surface area contributed by atoms with Crippen molar-refractivity contribution in [3.8, 4) is 0 Å². The van der Waals surface area contributed by atoms with Gasteiger partial charge >= 0.3 is 6.18 Å². The Kier molecular flexibility index (Phi) is 5.96. The molecular weight excluding hydrogens is 483 g/mol. The highest BCUT2D eigenvalue weighted by Crippen LogP contribution is 2.43. The largest absolute Gasteiger partial charge is 0.416 e. The first-order valence-electron chi connectivity index (χ1n) is 11.2. The first-order chi connectivity index (χ1) is 16.6. The molecule has 0 atom stereocenters. The second kappa shape index (κ2) is 8.83. The van der Waals surface area contributed by atoms with E-state index in [4.69, 9.17) is 0 Å². The number of rotatable bonds is 4. The lowest BCUT2D eigenvalue weighted by Gasteiger charge is -2.39. The highest BCUT2D eigenvalue weighted by molar-refractivity contribution is 7.22. The van der Waals surface area contributed by atoms with Crippen LogP contribution in [0, 0.1) is 15.5 Å². The summed E-state index contributed by atoms with van der Waals surface area (Å²) in [5.41, 5.74) is -1.51. The van der Waals surface area contributed by atoms with Gasteiger partial charge in [0.1, 0.15) is 4.70 Å². The second-order valence-corrected chi connectivity index (χ2v) is 10.2. The fourth-order valence-electron chi connectivity index (χ4n) is 5.07. The van der Waals surface area contributed by atoms with Crippen LogP contribution in [0.5, 0.6) is 0 Å². The van der Waals surface area contributed by atoms with Crippen LogP contribution in [0.3, 0.4) is 0 Å². The number of fused-ring (bicyclic) bond motifs is 1. The molecule has 0 saturated carbocycles. The third-order valence-electron chi connectivity index (χ3n) is 6.96. The van der Waals surface area contributed by atoms with Crippen LogP contribution >= 0.6 is 11.3 Å². The predicted molar refractivity (Wildman–Crippen MR) is 126 cm³/mol. The number of nitro groups is 1. The van der Waals surface area contributed by atoms with Crippen molar-refractivity contribution in [1.29, 1.82) is 0 Å². The van der Waals surface area contributed by atoms with E-state index in [2.05, 4.69) is 20.9 Å². The lowest BCUT2D eigenvalue weighted by atomic mass is 9.78. The molecule has 0 bridgehead atoms. The van der Waals surface area contributed by atoms with Gasteiger partial charge in [-0.1, -0.05) is 17.4 Å². The molecule has 12 heteroatoms. The summed E-state index contributed by atoms with van der Waals surface area (Å²) >= 11 is 0.904. The van der Waals surface area contributed by atoms with E-state index in [1.807, 2.05) is 17.2 Å². The van der Waals surface area contributed by atoms with Crippen molar-refractivity contribution in [2.75, 3.05) is 31.1 Å². The Labute approximate surface area is 202 Å². The molecule has 0 amide bonds. The summed E-state index contributed by atoms with van der Waals surface area (Å²) < 4.78 is 39.5. The van der Waals surface area contributed by atoms with Crippen LogP contribution in [0.2, 0.25) is 0 Å². The minimum absolute atomic E-state index is 0.0817. The van der Waals surface area contributed by atoms with Crippen LogP contribution < -0.4 is 10.5 Å². The Hall–Kier alpha value is -3.12. The average molecular weight is 506 g/mol. The summed E-state index contributed by atoms with van der Waals surface area (Å²) in [7, 11) is 0. The van der Waals surface area contributed by atoms with Crippen molar-refractivity contribution < 1.29 is 18.1 Å². The molecule has 0 aliphatic carbocycles. The Bertz CT molecular complexity index is 1320. The zero-order valence-electron chi connectivity index (χ0n) is 18.6. The number of pyridine rings is 1. The molecule has 2 fully saturated rings. The van der Waals surface area contributed by atoms with Crippen LogP contribution in [-0.4, -0.2) is 46.0 Å². The van der Waals surface area contributed by atoms with E-state index in [1.54, 1.807) is 6.20 Å². The number of halogens is 3. The van der Waals surface area contributed by atoms with E-state index in [0.29, 0.717) is 30.4 Å². The Balaban J connectivity index is 1.35. The lowest BCUT2D eigenvalue weighted by molar-refractivity contribution is -0.383. The molecule has 0 unspecified atom stereocenters. The summed E-state index contributed by atoms with van der Waals surface area (Å²) in [6, 6.07) is 5.13. The lowest BCUT2D eigenvalue weighted by Crippen LogP contribution is -2.42. The van der Waals surface area contributed by atoms with Crippen molar-refractivity contribution >= 4 is 32.2 Å². The fourth-order valence-corrected chi connectivity index (χ4v) is 6.19. The SMILES string of the molecule is O=c1nc(N2CCC3(CCN(Cc4cccnc4)C3)CC2)sc2c([N+](=O)[O-])cc(C(F)(F)F)cc12. The zero-order valence-corrected chi connectivity index (χ0v) is 19.4. The third-order valence-corrected chi connectivity index (χ3v) is 8.12. The summed E-state index contributed by atoms with van der Waals surface area (Å²) in [6.45, 7) is 4.05. The molecule has 8 nitrogen and oxygen atoms in total. The van der Waals surface area contributed by atoms with Gasteiger partial charge in [-0.05, 0) is 48.9 Å². The van der Waals surface area contributed by atoms with Gasteiger partial charge in [0.2, 0.25) is 0 Å². The number of hydrogen-bond acceptors (Lipinski definition) is 8. The number of piperidine rings is 1. The predicted octanol–water partition coefficient (Wildman–Crippen LogP) is 4.47. The zero-order chi connectivity index (χ0) is 24.8. The Morgan fingerprint density at radius 3 is 2.57 bits per heavy atom. The van der Waals surface area contributed by atoms with Gasteiger partial charge in [-0.25, -0.2) is 0 Å². The molecule has 2 saturated heterocycles. The van der Waals surface area contributed by atoms with Gasteiger partial charge in [-0.3, -0.25) is 24.8 Å². The summed E-state index contributed by atoms with van der Waals surface area (Å²) in [5, 5.41) is 11.5. The van der Waals surface area contributed by atoms with Crippen molar-refractivity contribution in [1.82, 2.24) is 14.9 Å². The molecule has 2 aliphatic rings. The molecular formula is C23H22F3N5O3S. The van der Waals surface area contributed by atoms with Crippen LogP contribution in [0.25, 0.3) is 10.1 Å². The smallest absolute Gasteiger partial charge is 0.348 e. The topological polar surface area (TPSA) is 92.5 Å². The molecule has 0 radical (unpaired) electrons. The number of aromatic nitrogens is 2. The molecule has 1 aromatic carbocycles. The van der Waals surface area contributed by atoms with Crippen LogP contribution in [0.4, 0.5) is 24.0 Å². The van der Waals surface area contributed by atoms with Gasteiger partial charge in [0, 0.05) is 44.6 Å². The molecule has 0 N–H and O–H groups in total. The maximum absolute atomic E-state index is 13.2. The monoisotopic (exact) mass is 505 g/mol. The molecule has 5 rings (SSSR count). The number of benzene rings is 1. The van der Waals surface area contributed by atoms with Gasteiger partial charge in [0.15, 0.2) is 5.13 Å². The Morgan fingerprint density at radius 1 is 1.17 bits per heavy atom. The molecule has 35 heavy (non-hydrogen) atoms. The first kappa shape index (κ1) is 23.6. The summed E-state index contributed by atoms with van der Waals surface area (Å²) in [5.74, 6) is 0. The van der Waals surface area contributed by atoms with Crippen LogP contribution in [-0.2, 0) is 12.7 Å². The van der Waals surface area contributed by atoms with E-state index in [0.717, 1.165) is 50.2 Å². The van der Waals surface area contributed by atoms with E-state index in [-0.39, 0.29) is 15.5 Å². The van der Waals surface area contributed by atoms with E-state index >= 15 is 0 Å². The van der Waals surface area contributed by atoms with E-state index in [9.17, 15) is 28.1 Å². The van der Waals surface area contributed by atoms with Crippen molar-refractivity contribution in [2.24, 2.45) is 5.41 Å². The summed E-state index contributed by atoms with van der Waals surface area (Å²) in [4.78, 5) is 35.8. The summed E-state index contributed by atoms with van der Waals surface area (Å²) in [6.07, 6.45) is 1.65. The number of hydrogen-bond donors (Lipinski definition) is 0. The number of nitrogens with zero attached hydrogens (tertiary/aromatic N) is 5. The van der Waals surface area contributed by atoms with Gasteiger partial charge in [-0.15, -0.1) is 0 Å². The van der Waals surface area contributed by atoms with Gasteiger partial charge in [0.05, 0.1) is 15.9 Å². The van der Waals surface area contributed by atoms with Crippen molar-refractivity contribution in [3.63, 3.8) is 0 Å². The maximum Gasteiger partial charge on any atom is 0.416 e. The van der Waals surface area contributed by atoms with E-state index < -0.39 is 27.9 Å². The molecule has 184 valence electrons. The molecule has 3 aromatic rings. The quantitative estimate of drug-likeness (QED) is 0.382. The normalized spacial score (nSPS) is 18.4. The van der Waals surface area contributed by atoms with Crippen LogP contribution in [0.1, 0.15) is 30.4 Å². The van der Waals surface area contributed by atoms with Gasteiger partial charge in [-0.2, -0.15) is 18.2 Å². The highest BCUT2D eigenvalue weighted by Gasteiger charge is 2.41. The maximum atomic E-state index is 13.2. The minimum atomic E-state index is -4.80. The standard InChI is InChI=1S/C23H22F3N5O3S/c24-23(25,26)16-10-17-19(18(11-16)31(33)34)35-21(28-20(17)32)30-8-4-22(5-9-30)3-7-29(14-22)13-15-2-1-6-27-12-15/h1-2,6,10-12H,3-5,7-9,13-14H2. The third kappa shape index (κ3) is 4.72. The van der Waals surface area contributed by atoms with Crippen LogP contribution in [0.15, 0.2) is 41.5 Å². The Morgan fingerprint density at radius 2 is 1.91 bits per heavy atom. The van der Waals surface area contributed by atoms with Gasteiger partial charge < -0.3 is 4.90 Å². The molecule has 4 heterocycles. The number of alkyl halides is 3. The highest BCUT2D eigenvalue weighted by atomic mass is 32.1. The van der Waals surface area contributed by atoms with Gasteiger partial charge in [0.25, 0.3) is 11.2 Å². The molecule has 2 aromatic heterocycles. The second-order valence-electron chi connectivity index (χ2n) is 9.24. The van der Waals surface area contributed by atoms with Crippen molar-refractivity contribution in [3.05, 3.63) is 68.3 Å².